The molecule has 0 aromatic heterocycles. The van der Waals surface area contributed by atoms with E-state index < -0.39 is 5.60 Å². The van der Waals surface area contributed by atoms with Crippen molar-refractivity contribution in [2.24, 2.45) is 0 Å². The zero-order chi connectivity index (χ0) is 24.7. The Morgan fingerprint density at radius 2 is 1.24 bits per heavy atom. The van der Waals surface area contributed by atoms with Crippen LogP contribution in [0.5, 0.6) is 0 Å². The van der Waals surface area contributed by atoms with Crippen LogP contribution in [0.25, 0.3) is 0 Å². The Kier molecular flexibility index (Phi) is 12.7. The minimum Gasteiger partial charge on any atom is -0.460 e. The highest BCUT2D eigenvalue weighted by Crippen LogP contribution is 2.34. The quantitative estimate of drug-likeness (QED) is 0.257. The lowest BCUT2D eigenvalue weighted by Gasteiger charge is -2.36. The average Bonchev–Trinajstić information content (AvgIpc) is 2.80. The third-order valence-electron chi connectivity index (χ3n) is 6.55. The molecule has 192 valence electrons. The van der Waals surface area contributed by atoms with Gasteiger partial charge in [0.2, 0.25) is 0 Å². The summed E-state index contributed by atoms with van der Waals surface area (Å²) in [7, 11) is 0. The molecule has 0 spiro atoms. The Balaban J connectivity index is 1.47. The average molecular weight is 475 g/mol. The molecule has 1 aromatic carbocycles. The maximum absolute atomic E-state index is 12.6. The molecule has 1 aliphatic rings. The molecular formula is C29H48NO4+. The van der Waals surface area contributed by atoms with E-state index in [1.807, 2.05) is 39.0 Å². The van der Waals surface area contributed by atoms with Crippen molar-refractivity contribution in [2.45, 2.75) is 122 Å². The standard InChI is InChI=1S/C29H47NO4/c1-28(2,3)33-26(31)19-15-10-8-6-4-5-7-9-11-16-20-27(32)34-29(21-23-30-24-22-29)25-17-13-12-14-18-25/h12-14,17-18,30H,4-11,15-16,19-24H2,1-3H3/p+1. The Morgan fingerprint density at radius 3 is 1.74 bits per heavy atom. The van der Waals surface area contributed by atoms with Gasteiger partial charge < -0.3 is 14.8 Å². The summed E-state index contributed by atoms with van der Waals surface area (Å²) >= 11 is 0. The number of hydrogen-bond acceptors (Lipinski definition) is 4. The highest BCUT2D eigenvalue weighted by Gasteiger charge is 2.39. The fourth-order valence-electron chi connectivity index (χ4n) is 4.75. The van der Waals surface area contributed by atoms with Gasteiger partial charge in [0, 0.05) is 25.7 Å². The van der Waals surface area contributed by atoms with E-state index in [1.54, 1.807) is 0 Å². The number of esters is 2. The molecule has 1 aromatic rings. The van der Waals surface area contributed by atoms with Gasteiger partial charge in [0.05, 0.1) is 13.1 Å². The molecule has 1 aliphatic heterocycles. The summed E-state index contributed by atoms with van der Waals surface area (Å²) in [5.41, 5.74) is 0.331. The number of unbranched alkanes of at least 4 members (excludes halogenated alkanes) is 9. The summed E-state index contributed by atoms with van der Waals surface area (Å²) in [5.74, 6) is -0.124. The second-order valence-electron chi connectivity index (χ2n) is 10.8. The predicted octanol–water partition coefficient (Wildman–Crippen LogP) is 5.81. The van der Waals surface area contributed by atoms with E-state index in [1.165, 1.54) is 38.5 Å². The Bertz CT molecular complexity index is 705. The van der Waals surface area contributed by atoms with E-state index in [0.29, 0.717) is 12.8 Å². The van der Waals surface area contributed by atoms with E-state index in [4.69, 9.17) is 9.47 Å². The topological polar surface area (TPSA) is 69.2 Å². The lowest BCUT2D eigenvalue weighted by Crippen LogP contribution is -2.87. The molecule has 1 heterocycles. The maximum atomic E-state index is 12.6. The SMILES string of the molecule is CC(C)(C)OC(=O)CCCCCCCCCCCCC(=O)OC1(c2ccccc2)CC[NH2+]CC1. The van der Waals surface area contributed by atoms with Crippen LogP contribution in [0.15, 0.2) is 30.3 Å². The van der Waals surface area contributed by atoms with Gasteiger partial charge in [-0.05, 0) is 39.2 Å². The molecule has 2 rings (SSSR count). The van der Waals surface area contributed by atoms with Crippen molar-refractivity contribution in [2.75, 3.05) is 13.1 Å². The molecular weight excluding hydrogens is 426 g/mol. The summed E-state index contributed by atoms with van der Waals surface area (Å²) in [6.45, 7) is 7.74. The van der Waals surface area contributed by atoms with E-state index in [0.717, 1.165) is 57.2 Å². The second-order valence-corrected chi connectivity index (χ2v) is 10.8. The van der Waals surface area contributed by atoms with Crippen LogP contribution in [0.3, 0.4) is 0 Å². The molecule has 5 nitrogen and oxygen atoms in total. The largest absolute Gasteiger partial charge is 0.460 e. The van der Waals surface area contributed by atoms with Crippen molar-refractivity contribution in [3.8, 4) is 0 Å². The maximum Gasteiger partial charge on any atom is 0.306 e. The van der Waals surface area contributed by atoms with Crippen molar-refractivity contribution >= 4 is 11.9 Å². The summed E-state index contributed by atoms with van der Waals surface area (Å²) in [6, 6.07) is 10.3. The van der Waals surface area contributed by atoms with E-state index >= 15 is 0 Å². The zero-order valence-corrected chi connectivity index (χ0v) is 21.9. The van der Waals surface area contributed by atoms with Crippen LogP contribution in [0.1, 0.15) is 116 Å². The molecule has 1 saturated heterocycles. The van der Waals surface area contributed by atoms with Gasteiger partial charge in [0.1, 0.15) is 11.2 Å². The van der Waals surface area contributed by atoms with Crippen molar-refractivity contribution in [3.05, 3.63) is 35.9 Å². The number of quaternary nitrogens is 1. The first kappa shape index (κ1) is 28.4. The number of hydrogen-bond donors (Lipinski definition) is 1. The highest BCUT2D eigenvalue weighted by molar-refractivity contribution is 5.70. The summed E-state index contributed by atoms with van der Waals surface area (Å²) in [6.07, 6.45) is 14.2. The molecule has 0 aliphatic carbocycles. The number of carbonyl (C=O) groups is 2. The monoisotopic (exact) mass is 474 g/mol. The minimum atomic E-state index is -0.431. The van der Waals surface area contributed by atoms with E-state index in [-0.39, 0.29) is 17.5 Å². The van der Waals surface area contributed by atoms with Crippen molar-refractivity contribution in [3.63, 3.8) is 0 Å². The molecule has 0 unspecified atom stereocenters. The normalized spacial score (nSPS) is 15.6. The van der Waals surface area contributed by atoms with Crippen LogP contribution in [0.4, 0.5) is 0 Å². The summed E-state index contributed by atoms with van der Waals surface area (Å²) < 4.78 is 11.4. The lowest BCUT2D eigenvalue weighted by atomic mass is 9.84. The van der Waals surface area contributed by atoms with Gasteiger partial charge in [0.15, 0.2) is 0 Å². The number of benzene rings is 1. The highest BCUT2D eigenvalue weighted by atomic mass is 16.6. The third kappa shape index (κ3) is 11.5. The number of piperidine rings is 1. The summed E-state index contributed by atoms with van der Waals surface area (Å²) in [4.78, 5) is 24.3. The van der Waals surface area contributed by atoms with Gasteiger partial charge in [-0.2, -0.15) is 0 Å². The molecule has 0 atom stereocenters. The van der Waals surface area contributed by atoms with Gasteiger partial charge >= 0.3 is 11.9 Å². The van der Waals surface area contributed by atoms with Crippen LogP contribution in [0.2, 0.25) is 0 Å². The lowest BCUT2D eigenvalue weighted by molar-refractivity contribution is -0.668. The third-order valence-corrected chi connectivity index (χ3v) is 6.55. The smallest absolute Gasteiger partial charge is 0.306 e. The fraction of sp³-hybridized carbons (Fsp3) is 0.724. The first-order valence-corrected chi connectivity index (χ1v) is 13.6. The summed E-state index contributed by atoms with van der Waals surface area (Å²) in [5, 5.41) is 2.30. The van der Waals surface area contributed by atoms with Crippen molar-refractivity contribution in [1.82, 2.24) is 0 Å². The Labute approximate surface area is 207 Å². The molecule has 34 heavy (non-hydrogen) atoms. The van der Waals surface area contributed by atoms with Crippen LogP contribution < -0.4 is 5.32 Å². The van der Waals surface area contributed by atoms with Gasteiger partial charge in [-0.1, -0.05) is 81.7 Å². The first-order valence-electron chi connectivity index (χ1n) is 13.6. The number of nitrogens with two attached hydrogens (primary N) is 1. The molecule has 0 bridgehead atoms. The number of rotatable bonds is 15. The molecule has 2 N–H and O–H groups in total. The minimum absolute atomic E-state index is 0.0443. The second kappa shape index (κ2) is 15.2. The van der Waals surface area contributed by atoms with Crippen LogP contribution in [-0.4, -0.2) is 30.6 Å². The Hall–Kier alpha value is -1.88. The first-order chi connectivity index (χ1) is 16.3. The van der Waals surface area contributed by atoms with Gasteiger partial charge in [0.25, 0.3) is 0 Å². The Morgan fingerprint density at radius 1 is 0.765 bits per heavy atom. The molecule has 1 fully saturated rings. The van der Waals surface area contributed by atoms with Gasteiger partial charge in [-0.3, -0.25) is 9.59 Å². The van der Waals surface area contributed by atoms with Gasteiger partial charge in [-0.25, -0.2) is 0 Å². The van der Waals surface area contributed by atoms with E-state index in [2.05, 4.69) is 17.4 Å². The van der Waals surface area contributed by atoms with Gasteiger partial charge in [-0.15, -0.1) is 0 Å². The molecule has 0 radical (unpaired) electrons. The molecule has 0 saturated carbocycles. The number of carbonyl (C=O) groups excluding carboxylic acids is 2. The predicted molar refractivity (Wildman–Crippen MR) is 136 cm³/mol. The zero-order valence-electron chi connectivity index (χ0n) is 21.9. The molecule has 5 heteroatoms. The van der Waals surface area contributed by atoms with Crippen LogP contribution in [0, 0.1) is 0 Å². The fourth-order valence-corrected chi connectivity index (χ4v) is 4.75. The van der Waals surface area contributed by atoms with Crippen molar-refractivity contribution in [1.29, 1.82) is 0 Å². The molecule has 0 amide bonds. The van der Waals surface area contributed by atoms with Crippen LogP contribution >= 0.6 is 0 Å². The number of ether oxygens (including phenoxy) is 2. The van der Waals surface area contributed by atoms with Crippen molar-refractivity contribution < 1.29 is 24.4 Å². The van der Waals surface area contributed by atoms with Crippen LogP contribution in [-0.2, 0) is 24.7 Å². The van der Waals surface area contributed by atoms with E-state index in [9.17, 15) is 9.59 Å².